The van der Waals surface area contributed by atoms with E-state index in [1.165, 1.54) is 70.6 Å². The van der Waals surface area contributed by atoms with Crippen LogP contribution in [0.1, 0.15) is 97.8 Å². The Morgan fingerprint density at radius 2 is 1.28 bits per heavy atom. The van der Waals surface area contributed by atoms with Gasteiger partial charge in [0.05, 0.1) is 25.6 Å². The molecule has 178 valence electrons. The normalized spacial score (nSPS) is 12.0. The van der Waals surface area contributed by atoms with Crippen LogP contribution in [0.15, 0.2) is 36.7 Å². The van der Waals surface area contributed by atoms with Crippen molar-refractivity contribution < 1.29 is 9.47 Å². The predicted octanol–water partition coefficient (Wildman–Crippen LogP) is 8.26. The summed E-state index contributed by atoms with van der Waals surface area (Å²) in [5.74, 6) is 2.95. The van der Waals surface area contributed by atoms with Gasteiger partial charge in [-0.25, -0.2) is 9.97 Å². The Morgan fingerprint density at radius 3 is 1.94 bits per heavy atom. The van der Waals surface area contributed by atoms with Crippen LogP contribution in [0.25, 0.3) is 11.4 Å². The second kappa shape index (κ2) is 16.5. The Balaban J connectivity index is 1.67. The highest BCUT2D eigenvalue weighted by Crippen LogP contribution is 2.21. The van der Waals surface area contributed by atoms with Gasteiger partial charge in [-0.15, -0.1) is 0 Å². The second-order valence-corrected chi connectivity index (χ2v) is 9.00. The van der Waals surface area contributed by atoms with Gasteiger partial charge in [0.1, 0.15) is 5.75 Å². The first-order valence-corrected chi connectivity index (χ1v) is 12.9. The molecule has 4 nitrogen and oxygen atoms in total. The average Bonchev–Trinajstić information content (AvgIpc) is 2.83. The topological polar surface area (TPSA) is 44.2 Å². The molecule has 0 radical (unpaired) electrons. The smallest absolute Gasteiger partial charge is 0.159 e. The van der Waals surface area contributed by atoms with Gasteiger partial charge in [-0.3, -0.25) is 0 Å². The molecule has 0 saturated heterocycles. The summed E-state index contributed by atoms with van der Waals surface area (Å²) in [7, 11) is 0. The van der Waals surface area contributed by atoms with Crippen LogP contribution in [0.3, 0.4) is 0 Å². The minimum atomic E-state index is 0.587. The molecule has 0 N–H and O–H groups in total. The summed E-state index contributed by atoms with van der Waals surface area (Å²) in [4.78, 5) is 8.95. The van der Waals surface area contributed by atoms with Crippen molar-refractivity contribution in [2.24, 2.45) is 5.92 Å². The van der Waals surface area contributed by atoms with E-state index in [2.05, 4.69) is 30.7 Å². The van der Waals surface area contributed by atoms with Gasteiger partial charge in [0.25, 0.3) is 0 Å². The lowest BCUT2D eigenvalue weighted by molar-refractivity contribution is 0.249. The predicted molar refractivity (Wildman–Crippen MR) is 134 cm³/mol. The molecule has 4 heteroatoms. The molecule has 32 heavy (non-hydrogen) atoms. The molecular weight excluding hydrogens is 396 g/mol. The zero-order valence-electron chi connectivity index (χ0n) is 20.7. The summed E-state index contributed by atoms with van der Waals surface area (Å²) in [5.41, 5.74) is 0.989. The van der Waals surface area contributed by atoms with Gasteiger partial charge >= 0.3 is 0 Å². The quantitative estimate of drug-likeness (QED) is 0.219. The van der Waals surface area contributed by atoms with Crippen LogP contribution in [0.5, 0.6) is 11.5 Å². The highest BCUT2D eigenvalue weighted by molar-refractivity contribution is 5.56. The number of hydrogen-bond donors (Lipinski definition) is 0. The van der Waals surface area contributed by atoms with Gasteiger partial charge in [0.2, 0.25) is 0 Å². The van der Waals surface area contributed by atoms with Crippen LogP contribution in [-0.2, 0) is 0 Å². The Labute approximate surface area is 196 Å². The van der Waals surface area contributed by atoms with E-state index >= 15 is 0 Å². The maximum Gasteiger partial charge on any atom is 0.159 e. The summed E-state index contributed by atoms with van der Waals surface area (Å²) >= 11 is 0. The van der Waals surface area contributed by atoms with Gasteiger partial charge in [0.15, 0.2) is 11.6 Å². The lowest BCUT2D eigenvalue weighted by Crippen LogP contribution is -2.08. The van der Waals surface area contributed by atoms with Crippen LogP contribution in [-0.4, -0.2) is 23.2 Å². The summed E-state index contributed by atoms with van der Waals surface area (Å²) in [6.07, 6.45) is 19.0. The van der Waals surface area contributed by atoms with Crippen molar-refractivity contribution in [1.82, 2.24) is 9.97 Å². The maximum atomic E-state index is 5.97. The molecule has 0 aliphatic heterocycles. The third-order valence-electron chi connectivity index (χ3n) is 5.84. The van der Waals surface area contributed by atoms with Crippen molar-refractivity contribution >= 4 is 0 Å². The van der Waals surface area contributed by atoms with Gasteiger partial charge < -0.3 is 9.47 Å². The first-order chi connectivity index (χ1) is 15.7. The Kier molecular flexibility index (Phi) is 13.5. The second-order valence-electron chi connectivity index (χ2n) is 9.00. The molecule has 1 aromatic heterocycles. The van der Waals surface area contributed by atoms with Crippen LogP contribution in [0.4, 0.5) is 0 Å². The van der Waals surface area contributed by atoms with E-state index in [0.717, 1.165) is 36.7 Å². The first-order valence-electron chi connectivity index (χ1n) is 12.9. The molecule has 0 bridgehead atoms. The SMILES string of the molecule is CCCCCCCCCOc1cnc(-c2ccc(OCC(C)CCCCCC)cc2)nc1. The Morgan fingerprint density at radius 1 is 0.688 bits per heavy atom. The molecule has 0 fully saturated rings. The maximum absolute atomic E-state index is 5.97. The molecule has 0 saturated carbocycles. The fraction of sp³-hybridized carbons (Fsp3) is 0.643. The minimum Gasteiger partial charge on any atom is -0.493 e. The van der Waals surface area contributed by atoms with Crippen LogP contribution in [0.2, 0.25) is 0 Å². The van der Waals surface area contributed by atoms with Crippen molar-refractivity contribution in [2.75, 3.05) is 13.2 Å². The molecule has 2 rings (SSSR count). The summed E-state index contributed by atoms with van der Waals surface area (Å²) < 4.78 is 11.8. The van der Waals surface area contributed by atoms with E-state index < -0.39 is 0 Å². The third-order valence-corrected chi connectivity index (χ3v) is 5.84. The minimum absolute atomic E-state index is 0.587. The van der Waals surface area contributed by atoms with E-state index in [1.807, 2.05) is 24.3 Å². The largest absolute Gasteiger partial charge is 0.493 e. The van der Waals surface area contributed by atoms with E-state index in [4.69, 9.17) is 9.47 Å². The average molecular weight is 441 g/mol. The zero-order valence-corrected chi connectivity index (χ0v) is 20.7. The summed E-state index contributed by atoms with van der Waals surface area (Å²) in [5, 5.41) is 0. The fourth-order valence-corrected chi connectivity index (χ4v) is 3.73. The van der Waals surface area contributed by atoms with Gasteiger partial charge in [-0.1, -0.05) is 85.0 Å². The number of benzene rings is 1. The van der Waals surface area contributed by atoms with E-state index in [1.54, 1.807) is 12.4 Å². The lowest BCUT2D eigenvalue weighted by Gasteiger charge is -2.13. The van der Waals surface area contributed by atoms with Gasteiger partial charge in [-0.05, 0) is 43.0 Å². The molecule has 1 aromatic carbocycles. The van der Waals surface area contributed by atoms with Crippen LogP contribution >= 0.6 is 0 Å². The van der Waals surface area contributed by atoms with Gasteiger partial charge in [-0.2, -0.15) is 0 Å². The third kappa shape index (κ3) is 11.0. The fourth-order valence-electron chi connectivity index (χ4n) is 3.73. The van der Waals surface area contributed by atoms with Crippen LogP contribution < -0.4 is 9.47 Å². The van der Waals surface area contributed by atoms with Gasteiger partial charge in [0, 0.05) is 5.56 Å². The Bertz CT molecular complexity index is 700. The highest BCUT2D eigenvalue weighted by Gasteiger charge is 2.06. The van der Waals surface area contributed by atoms with Crippen molar-refractivity contribution in [3.63, 3.8) is 0 Å². The van der Waals surface area contributed by atoms with Crippen LogP contribution in [0, 0.1) is 5.92 Å². The number of hydrogen-bond acceptors (Lipinski definition) is 4. The van der Waals surface area contributed by atoms with E-state index in [0.29, 0.717) is 11.7 Å². The lowest BCUT2D eigenvalue weighted by atomic mass is 10.0. The highest BCUT2D eigenvalue weighted by atomic mass is 16.5. The number of nitrogens with zero attached hydrogens (tertiary/aromatic N) is 2. The molecule has 1 atom stereocenters. The standard InChI is InChI=1S/C28H44N2O2/c1-4-6-8-10-11-12-14-20-31-27-21-29-28(30-22-27)25-16-18-26(19-17-25)32-23-24(3)15-13-9-7-5-2/h16-19,21-22,24H,4-15,20,23H2,1-3H3. The molecule has 0 aliphatic carbocycles. The zero-order chi connectivity index (χ0) is 22.9. The number of ether oxygens (including phenoxy) is 2. The molecule has 0 spiro atoms. The van der Waals surface area contributed by atoms with Crippen molar-refractivity contribution in [1.29, 1.82) is 0 Å². The first kappa shape index (κ1) is 26.2. The summed E-state index contributed by atoms with van der Waals surface area (Å²) in [6.45, 7) is 8.28. The monoisotopic (exact) mass is 440 g/mol. The molecule has 0 aliphatic rings. The molecule has 2 aromatic rings. The van der Waals surface area contributed by atoms with Crippen molar-refractivity contribution in [3.8, 4) is 22.9 Å². The van der Waals surface area contributed by atoms with Crippen molar-refractivity contribution in [2.45, 2.75) is 97.8 Å². The summed E-state index contributed by atoms with van der Waals surface area (Å²) in [6, 6.07) is 8.06. The number of rotatable bonds is 18. The van der Waals surface area contributed by atoms with E-state index in [9.17, 15) is 0 Å². The molecule has 0 amide bonds. The molecule has 1 heterocycles. The van der Waals surface area contributed by atoms with E-state index in [-0.39, 0.29) is 0 Å². The van der Waals surface area contributed by atoms with Crippen molar-refractivity contribution in [3.05, 3.63) is 36.7 Å². The Hall–Kier alpha value is -2.10. The molecule has 1 unspecified atom stereocenters. The number of unbranched alkanes of at least 4 members (excludes halogenated alkanes) is 9. The molecular formula is C28H44N2O2. The number of aromatic nitrogens is 2.